The lowest BCUT2D eigenvalue weighted by Crippen LogP contribution is -2.03. The fourth-order valence-electron chi connectivity index (χ4n) is 3.35. The van der Waals surface area contributed by atoms with Crippen LogP contribution in [0, 0.1) is 11.2 Å². The predicted molar refractivity (Wildman–Crippen MR) is 109 cm³/mol. The molecule has 0 aliphatic rings. The Labute approximate surface area is 157 Å². The van der Waals surface area contributed by atoms with Gasteiger partial charge in [0.05, 0.1) is 5.52 Å². The average molecular weight is 363 g/mol. The molecular weight excluding hydrogens is 341 g/mol. The highest BCUT2D eigenvalue weighted by Crippen LogP contribution is 2.37. The van der Waals surface area contributed by atoms with Crippen LogP contribution in [0.2, 0.25) is 0 Å². The van der Waals surface area contributed by atoms with Gasteiger partial charge in [-0.2, -0.15) is 0 Å². The summed E-state index contributed by atoms with van der Waals surface area (Å²) >= 11 is 0. The molecule has 0 atom stereocenters. The molecular formula is C22H22FN3O. The van der Waals surface area contributed by atoms with E-state index in [0.29, 0.717) is 11.3 Å². The number of fused-ring (bicyclic) bond motifs is 1. The third kappa shape index (κ3) is 3.40. The van der Waals surface area contributed by atoms with E-state index in [1.165, 1.54) is 31.3 Å². The highest BCUT2D eigenvalue weighted by atomic mass is 19.1. The van der Waals surface area contributed by atoms with Crippen molar-refractivity contribution in [3.05, 3.63) is 65.1 Å². The third-order valence-electron chi connectivity index (χ3n) is 4.52. The van der Waals surface area contributed by atoms with Crippen LogP contribution >= 0.6 is 0 Å². The minimum absolute atomic E-state index is 0.0449. The summed E-state index contributed by atoms with van der Waals surface area (Å²) in [6.07, 6.45) is 4.57. The molecule has 0 saturated carbocycles. The first-order valence-corrected chi connectivity index (χ1v) is 8.76. The molecule has 0 spiro atoms. The van der Waals surface area contributed by atoms with Gasteiger partial charge in [0.25, 0.3) is 0 Å². The Morgan fingerprint density at radius 2 is 1.89 bits per heavy atom. The number of benzene rings is 2. The molecule has 0 aliphatic heterocycles. The number of nitrogen functional groups attached to an aromatic ring is 1. The molecule has 0 saturated heterocycles. The number of nitrogens with two attached hydrogens (primary N) is 1. The lowest BCUT2D eigenvalue weighted by Gasteiger charge is -2.15. The number of nitrogens with one attached hydrogen (secondary N) is 1. The van der Waals surface area contributed by atoms with Crippen LogP contribution in [0.25, 0.3) is 22.7 Å². The van der Waals surface area contributed by atoms with Crippen molar-refractivity contribution in [2.45, 2.75) is 26.7 Å². The Kier molecular flexibility index (Phi) is 4.95. The second-order valence-corrected chi connectivity index (χ2v) is 6.85. The highest BCUT2D eigenvalue weighted by molar-refractivity contribution is 6.02. The topological polar surface area (TPSA) is 71.9 Å². The number of ketones is 1. The van der Waals surface area contributed by atoms with Gasteiger partial charge in [-0.15, -0.1) is 0 Å². The number of halogens is 1. The van der Waals surface area contributed by atoms with Crippen molar-refractivity contribution < 1.29 is 9.18 Å². The first-order valence-electron chi connectivity index (χ1n) is 8.76. The first-order chi connectivity index (χ1) is 12.8. The van der Waals surface area contributed by atoms with E-state index >= 15 is 0 Å². The van der Waals surface area contributed by atoms with Gasteiger partial charge in [0, 0.05) is 39.8 Å². The van der Waals surface area contributed by atoms with Gasteiger partial charge in [0.15, 0.2) is 5.78 Å². The van der Waals surface area contributed by atoms with Crippen LogP contribution in [0.1, 0.15) is 43.5 Å². The molecule has 4 nitrogen and oxygen atoms in total. The van der Waals surface area contributed by atoms with Crippen molar-refractivity contribution in [2.24, 2.45) is 0 Å². The summed E-state index contributed by atoms with van der Waals surface area (Å²) in [5, 5.41) is 8.52. The van der Waals surface area contributed by atoms with E-state index < -0.39 is 0 Å². The van der Waals surface area contributed by atoms with E-state index in [0.717, 1.165) is 27.8 Å². The highest BCUT2D eigenvalue weighted by Gasteiger charge is 2.20. The average Bonchev–Trinajstić information content (AvgIpc) is 2.93. The van der Waals surface area contributed by atoms with Gasteiger partial charge >= 0.3 is 0 Å². The molecule has 0 fully saturated rings. The van der Waals surface area contributed by atoms with E-state index in [1.807, 2.05) is 22.8 Å². The zero-order valence-electron chi connectivity index (χ0n) is 15.6. The minimum Gasteiger partial charge on any atom is -0.398 e. The summed E-state index contributed by atoms with van der Waals surface area (Å²) in [4.78, 5) is 11.5. The number of carbonyl (C=O) groups is 1. The Bertz CT molecular complexity index is 1060. The quantitative estimate of drug-likeness (QED) is 0.377. The van der Waals surface area contributed by atoms with Crippen molar-refractivity contribution in [1.29, 1.82) is 5.41 Å². The Morgan fingerprint density at radius 3 is 2.44 bits per heavy atom. The number of allylic oxidation sites excluding steroid dienone is 1. The van der Waals surface area contributed by atoms with E-state index in [-0.39, 0.29) is 17.5 Å². The van der Waals surface area contributed by atoms with E-state index in [9.17, 15) is 9.18 Å². The summed E-state index contributed by atoms with van der Waals surface area (Å²) < 4.78 is 15.5. The zero-order chi connectivity index (χ0) is 19.7. The molecule has 2 aromatic carbocycles. The molecule has 27 heavy (non-hydrogen) atoms. The van der Waals surface area contributed by atoms with Gasteiger partial charge in [-0.05, 0) is 61.4 Å². The number of nitrogens with zero attached hydrogens (tertiary/aromatic N) is 1. The Hall–Kier alpha value is -3.21. The monoisotopic (exact) mass is 363 g/mol. The third-order valence-corrected chi connectivity index (χ3v) is 4.52. The lowest BCUT2D eigenvalue weighted by atomic mass is 10.0. The second kappa shape index (κ2) is 7.19. The standard InChI is InChI=1S/C22H22FN3O/c1-13(2)22-18(9-4-14(3)27)19-11-20(25)15(12-24)10-21(19)26(22)17-7-5-16(23)6-8-17/h4-13,24H,25H2,1-3H3/b9-4+,24-12?. The molecule has 1 heterocycles. The van der Waals surface area contributed by atoms with Crippen LogP contribution < -0.4 is 5.73 Å². The van der Waals surface area contributed by atoms with Crippen LogP contribution in [-0.4, -0.2) is 16.6 Å². The van der Waals surface area contributed by atoms with Crippen molar-refractivity contribution in [3.63, 3.8) is 0 Å². The molecule has 3 rings (SSSR count). The molecule has 138 valence electrons. The first kappa shape index (κ1) is 18.6. The lowest BCUT2D eigenvalue weighted by molar-refractivity contribution is -0.112. The van der Waals surface area contributed by atoms with Gasteiger partial charge in [-0.1, -0.05) is 13.8 Å². The fourth-order valence-corrected chi connectivity index (χ4v) is 3.35. The maximum absolute atomic E-state index is 13.5. The number of hydrogen-bond donors (Lipinski definition) is 2. The van der Waals surface area contributed by atoms with Gasteiger partial charge in [0.1, 0.15) is 5.82 Å². The fraction of sp³-hybridized carbons (Fsp3) is 0.182. The molecule has 0 bridgehead atoms. The largest absolute Gasteiger partial charge is 0.398 e. The Balaban J connectivity index is 2.47. The number of rotatable bonds is 5. The van der Waals surface area contributed by atoms with E-state index in [1.54, 1.807) is 12.1 Å². The zero-order valence-corrected chi connectivity index (χ0v) is 15.6. The van der Waals surface area contributed by atoms with Gasteiger partial charge in [-0.3, -0.25) is 4.79 Å². The molecule has 3 aromatic rings. The summed E-state index contributed by atoms with van der Waals surface area (Å²) in [6.45, 7) is 5.65. The maximum Gasteiger partial charge on any atom is 0.152 e. The van der Waals surface area contributed by atoms with Crippen LogP contribution in [0.15, 0.2) is 42.5 Å². The molecule has 3 N–H and O–H groups in total. The Morgan fingerprint density at radius 1 is 1.22 bits per heavy atom. The van der Waals surface area contributed by atoms with Crippen LogP contribution in [0.4, 0.5) is 10.1 Å². The van der Waals surface area contributed by atoms with Gasteiger partial charge in [-0.25, -0.2) is 4.39 Å². The molecule has 0 radical (unpaired) electrons. The summed E-state index contributed by atoms with van der Waals surface area (Å²) in [6, 6.07) is 9.98. The summed E-state index contributed by atoms with van der Waals surface area (Å²) in [5.41, 5.74) is 10.8. The van der Waals surface area contributed by atoms with E-state index in [2.05, 4.69) is 13.8 Å². The van der Waals surface area contributed by atoms with Crippen molar-refractivity contribution in [2.75, 3.05) is 5.73 Å². The maximum atomic E-state index is 13.5. The molecule has 0 aliphatic carbocycles. The van der Waals surface area contributed by atoms with Crippen molar-refractivity contribution in [1.82, 2.24) is 4.57 Å². The second-order valence-electron chi connectivity index (χ2n) is 6.85. The van der Waals surface area contributed by atoms with Gasteiger partial charge in [0.2, 0.25) is 0 Å². The van der Waals surface area contributed by atoms with Crippen LogP contribution in [-0.2, 0) is 4.79 Å². The predicted octanol–water partition coefficient (Wildman–Crippen LogP) is 5.08. The van der Waals surface area contributed by atoms with E-state index in [4.69, 9.17) is 11.1 Å². The van der Waals surface area contributed by atoms with Crippen molar-refractivity contribution in [3.8, 4) is 5.69 Å². The van der Waals surface area contributed by atoms with Crippen molar-refractivity contribution >= 4 is 34.7 Å². The summed E-state index contributed by atoms with van der Waals surface area (Å²) in [7, 11) is 0. The SMILES string of the molecule is CC(=O)/C=C/c1c(C(C)C)n(-c2ccc(F)cc2)c2cc(C=N)c(N)cc12. The number of aromatic nitrogens is 1. The normalized spacial score (nSPS) is 11.6. The molecule has 5 heteroatoms. The molecule has 0 amide bonds. The van der Waals surface area contributed by atoms with Crippen LogP contribution in [0.3, 0.4) is 0 Å². The number of hydrogen-bond acceptors (Lipinski definition) is 3. The smallest absolute Gasteiger partial charge is 0.152 e. The number of carbonyl (C=O) groups excluding carboxylic acids is 1. The molecule has 1 aromatic heterocycles. The number of anilines is 1. The molecule has 0 unspecified atom stereocenters. The summed E-state index contributed by atoms with van der Waals surface area (Å²) in [5.74, 6) is -0.211. The van der Waals surface area contributed by atoms with Crippen LogP contribution in [0.5, 0.6) is 0 Å². The van der Waals surface area contributed by atoms with Gasteiger partial charge < -0.3 is 15.7 Å². The minimum atomic E-state index is -0.303.